The largest absolute Gasteiger partial charge is 0.379 e. The second-order valence-corrected chi connectivity index (χ2v) is 7.00. The fourth-order valence-electron chi connectivity index (χ4n) is 3.90. The molecule has 0 aromatic heterocycles. The summed E-state index contributed by atoms with van der Waals surface area (Å²) < 4.78 is 5.89. The van der Waals surface area contributed by atoms with Crippen LogP contribution in [0.3, 0.4) is 0 Å². The molecule has 126 valence electrons. The summed E-state index contributed by atoms with van der Waals surface area (Å²) in [6, 6.07) is 10.1. The van der Waals surface area contributed by atoms with Gasteiger partial charge >= 0.3 is 0 Å². The van der Waals surface area contributed by atoms with Crippen LogP contribution in [0.4, 0.5) is 0 Å². The van der Waals surface area contributed by atoms with Gasteiger partial charge in [-0.3, -0.25) is 4.79 Å². The highest BCUT2D eigenvalue weighted by atomic mass is 16.5. The highest BCUT2D eigenvalue weighted by Gasteiger charge is 2.39. The zero-order chi connectivity index (χ0) is 16.1. The molecule has 0 aliphatic carbocycles. The van der Waals surface area contributed by atoms with Gasteiger partial charge in [-0.15, -0.1) is 0 Å². The number of carbonyl (C=O) groups excluding carboxylic acids is 1. The van der Waals surface area contributed by atoms with E-state index in [1.54, 1.807) is 0 Å². The molecule has 0 unspecified atom stereocenters. The Morgan fingerprint density at radius 2 is 2.04 bits per heavy atom. The van der Waals surface area contributed by atoms with E-state index >= 15 is 0 Å². The van der Waals surface area contributed by atoms with Crippen molar-refractivity contribution in [1.29, 1.82) is 0 Å². The molecule has 2 aliphatic rings. The van der Waals surface area contributed by atoms with Crippen molar-refractivity contribution in [3.05, 3.63) is 35.9 Å². The maximum Gasteiger partial charge on any atom is 0.227 e. The van der Waals surface area contributed by atoms with Crippen LogP contribution in [0.15, 0.2) is 30.3 Å². The van der Waals surface area contributed by atoms with Crippen molar-refractivity contribution in [2.75, 3.05) is 45.9 Å². The van der Waals surface area contributed by atoms with E-state index in [0.717, 1.165) is 57.9 Å². The Hall–Kier alpha value is -1.39. The maximum absolute atomic E-state index is 12.7. The van der Waals surface area contributed by atoms with Crippen LogP contribution in [0.5, 0.6) is 0 Å². The Morgan fingerprint density at radius 1 is 1.22 bits per heavy atom. The summed E-state index contributed by atoms with van der Waals surface area (Å²) >= 11 is 0. The number of likely N-dealkylation sites (N-methyl/N-ethyl adjacent to an activating group) is 1. The lowest BCUT2D eigenvalue weighted by Crippen LogP contribution is -2.52. The molecule has 23 heavy (non-hydrogen) atoms. The Bertz CT molecular complexity index is 519. The molecule has 0 N–H and O–H groups in total. The Kier molecular flexibility index (Phi) is 5.34. The molecule has 1 aromatic rings. The van der Waals surface area contributed by atoms with E-state index in [1.165, 1.54) is 6.42 Å². The quantitative estimate of drug-likeness (QED) is 0.857. The van der Waals surface area contributed by atoms with Gasteiger partial charge in [0.05, 0.1) is 19.6 Å². The van der Waals surface area contributed by atoms with Gasteiger partial charge in [-0.1, -0.05) is 37.3 Å². The molecule has 0 saturated carbocycles. The third-order valence-corrected chi connectivity index (χ3v) is 5.18. The summed E-state index contributed by atoms with van der Waals surface area (Å²) in [5, 5.41) is 0. The van der Waals surface area contributed by atoms with Crippen LogP contribution in [-0.4, -0.2) is 61.6 Å². The first-order valence-electron chi connectivity index (χ1n) is 8.83. The lowest BCUT2D eigenvalue weighted by atomic mass is 9.80. The van der Waals surface area contributed by atoms with Crippen LogP contribution >= 0.6 is 0 Å². The van der Waals surface area contributed by atoms with Crippen LogP contribution in [0.2, 0.25) is 0 Å². The first-order chi connectivity index (χ1) is 11.2. The number of benzene rings is 1. The lowest BCUT2D eigenvalue weighted by molar-refractivity contribution is -0.135. The number of rotatable bonds is 3. The number of hydrogen-bond donors (Lipinski definition) is 0. The molecule has 1 amide bonds. The van der Waals surface area contributed by atoms with Crippen molar-refractivity contribution < 1.29 is 9.53 Å². The van der Waals surface area contributed by atoms with Crippen LogP contribution in [-0.2, 0) is 16.0 Å². The molecule has 2 fully saturated rings. The topological polar surface area (TPSA) is 32.8 Å². The summed E-state index contributed by atoms with van der Waals surface area (Å²) in [4.78, 5) is 17.2. The molecule has 1 atom stereocenters. The van der Waals surface area contributed by atoms with Gasteiger partial charge in [-0.2, -0.15) is 0 Å². The fourth-order valence-corrected chi connectivity index (χ4v) is 3.90. The van der Waals surface area contributed by atoms with Crippen molar-refractivity contribution in [2.45, 2.75) is 26.2 Å². The Morgan fingerprint density at radius 3 is 2.83 bits per heavy atom. The van der Waals surface area contributed by atoms with Crippen LogP contribution < -0.4 is 0 Å². The van der Waals surface area contributed by atoms with E-state index in [0.29, 0.717) is 6.42 Å². The molecule has 2 heterocycles. The smallest absolute Gasteiger partial charge is 0.227 e. The van der Waals surface area contributed by atoms with E-state index in [9.17, 15) is 4.79 Å². The minimum absolute atomic E-state index is 0.122. The SMILES string of the molecule is CCN1CCOC[C@@]2(CCCN(C(=O)Cc3ccccc3)C2)C1. The monoisotopic (exact) mass is 316 g/mol. The number of nitrogens with zero attached hydrogens (tertiary/aromatic N) is 2. The summed E-state index contributed by atoms with van der Waals surface area (Å²) in [6.07, 6.45) is 2.76. The molecule has 0 radical (unpaired) electrons. The maximum atomic E-state index is 12.7. The summed E-state index contributed by atoms with van der Waals surface area (Å²) in [5.41, 5.74) is 1.22. The first-order valence-corrected chi connectivity index (χ1v) is 8.83. The molecule has 3 rings (SSSR count). The highest BCUT2D eigenvalue weighted by molar-refractivity contribution is 5.78. The van der Waals surface area contributed by atoms with Crippen molar-refractivity contribution in [3.63, 3.8) is 0 Å². The molecule has 2 saturated heterocycles. The van der Waals surface area contributed by atoms with Crippen LogP contribution in [0, 0.1) is 5.41 Å². The van der Waals surface area contributed by atoms with E-state index in [4.69, 9.17) is 4.74 Å². The summed E-state index contributed by atoms with van der Waals surface area (Å²) in [7, 11) is 0. The molecule has 1 spiro atoms. The van der Waals surface area contributed by atoms with E-state index < -0.39 is 0 Å². The normalized spacial score (nSPS) is 26.2. The van der Waals surface area contributed by atoms with E-state index in [1.807, 2.05) is 30.3 Å². The van der Waals surface area contributed by atoms with Gasteiger partial charge in [0.15, 0.2) is 0 Å². The van der Waals surface area contributed by atoms with Crippen molar-refractivity contribution in [1.82, 2.24) is 9.80 Å². The lowest BCUT2D eigenvalue weighted by Gasteiger charge is -2.43. The van der Waals surface area contributed by atoms with Gasteiger partial charge in [0, 0.05) is 31.6 Å². The third-order valence-electron chi connectivity index (χ3n) is 5.18. The molecule has 0 bridgehead atoms. The second kappa shape index (κ2) is 7.45. The molecule has 4 heteroatoms. The van der Waals surface area contributed by atoms with Gasteiger partial charge in [-0.25, -0.2) is 0 Å². The average Bonchev–Trinajstić information content (AvgIpc) is 2.78. The molecular weight excluding hydrogens is 288 g/mol. The fraction of sp³-hybridized carbons (Fsp3) is 0.632. The number of likely N-dealkylation sites (tertiary alicyclic amines) is 1. The zero-order valence-electron chi connectivity index (χ0n) is 14.2. The number of piperidine rings is 1. The van der Waals surface area contributed by atoms with E-state index in [-0.39, 0.29) is 11.3 Å². The van der Waals surface area contributed by atoms with Gasteiger partial charge in [0.2, 0.25) is 5.91 Å². The second-order valence-electron chi connectivity index (χ2n) is 7.00. The molecule has 4 nitrogen and oxygen atoms in total. The molecule has 2 aliphatic heterocycles. The van der Waals surface area contributed by atoms with E-state index in [2.05, 4.69) is 16.7 Å². The molecule has 1 aromatic carbocycles. The summed E-state index contributed by atoms with van der Waals surface area (Å²) in [6.45, 7) is 8.67. The first kappa shape index (κ1) is 16.5. The van der Waals surface area contributed by atoms with Crippen molar-refractivity contribution in [3.8, 4) is 0 Å². The Labute approximate surface area is 139 Å². The third kappa shape index (κ3) is 4.12. The predicted molar refractivity (Wildman–Crippen MR) is 91.3 cm³/mol. The predicted octanol–water partition coefficient (Wildman–Crippen LogP) is 2.19. The van der Waals surface area contributed by atoms with Crippen LogP contribution in [0.1, 0.15) is 25.3 Å². The zero-order valence-corrected chi connectivity index (χ0v) is 14.2. The molecular formula is C19H28N2O2. The summed E-state index contributed by atoms with van der Waals surface area (Å²) in [5.74, 6) is 0.252. The van der Waals surface area contributed by atoms with Crippen LogP contribution in [0.25, 0.3) is 0 Å². The standard InChI is InChI=1S/C19H28N2O2/c1-2-20-11-12-23-16-19(14-20)9-6-10-21(15-19)18(22)13-17-7-4-3-5-8-17/h3-5,7-8H,2,6,9-16H2,1H3/t19-/m0/s1. The average molecular weight is 316 g/mol. The van der Waals surface area contributed by atoms with Gasteiger partial charge in [0.25, 0.3) is 0 Å². The van der Waals surface area contributed by atoms with Gasteiger partial charge in [-0.05, 0) is 24.9 Å². The van der Waals surface area contributed by atoms with Gasteiger partial charge < -0.3 is 14.5 Å². The number of amides is 1. The van der Waals surface area contributed by atoms with Gasteiger partial charge in [0.1, 0.15) is 0 Å². The Balaban J connectivity index is 1.66. The number of hydrogen-bond acceptors (Lipinski definition) is 3. The highest BCUT2D eigenvalue weighted by Crippen LogP contribution is 2.33. The van der Waals surface area contributed by atoms with Crippen molar-refractivity contribution >= 4 is 5.91 Å². The van der Waals surface area contributed by atoms with Crippen molar-refractivity contribution in [2.24, 2.45) is 5.41 Å². The number of ether oxygens (including phenoxy) is 1. The minimum atomic E-state index is 0.122. The number of carbonyl (C=O) groups is 1. The minimum Gasteiger partial charge on any atom is -0.379 e.